The molecule has 254 valence electrons. The third-order valence-electron chi connectivity index (χ3n) is 9.40. The summed E-state index contributed by atoms with van der Waals surface area (Å²) in [6.07, 6.45) is 8.82. The van der Waals surface area contributed by atoms with Gasteiger partial charge in [0, 0.05) is 23.4 Å². The lowest BCUT2D eigenvalue weighted by Gasteiger charge is -2.33. The van der Waals surface area contributed by atoms with Gasteiger partial charge in [-0.25, -0.2) is 4.98 Å². The van der Waals surface area contributed by atoms with E-state index >= 15 is 0 Å². The zero-order chi connectivity index (χ0) is 34.4. The molecule has 0 bridgehead atoms. The Bertz CT molecular complexity index is 1860. The van der Waals surface area contributed by atoms with Gasteiger partial charge < -0.3 is 25.7 Å². The smallest absolute Gasteiger partial charge is 0.320 e. The highest BCUT2D eigenvalue weighted by Gasteiger charge is 2.41. The number of Topliss-reactive ketones (excluding diaryl/α,β-unsaturated/α-hetero) is 1. The number of nitrogens with one attached hydrogen (secondary N) is 6. The highest BCUT2D eigenvalue weighted by atomic mass is 16.5. The molecule has 49 heavy (non-hydrogen) atoms. The van der Waals surface area contributed by atoms with Crippen molar-refractivity contribution in [3.63, 3.8) is 0 Å². The van der Waals surface area contributed by atoms with Crippen molar-refractivity contribution in [2.45, 2.75) is 70.2 Å². The number of aromatic amines is 1. The van der Waals surface area contributed by atoms with Crippen LogP contribution < -0.4 is 21.3 Å². The molecule has 6 N–H and O–H groups in total. The zero-order valence-corrected chi connectivity index (χ0v) is 27.9. The van der Waals surface area contributed by atoms with Gasteiger partial charge in [0.15, 0.2) is 5.78 Å². The van der Waals surface area contributed by atoms with Crippen LogP contribution in [0.25, 0.3) is 11.0 Å². The number of nitrogens with zero attached hydrogens (tertiary/aromatic N) is 1. The molecule has 4 aromatic rings. The highest BCUT2D eigenvalue weighted by molar-refractivity contribution is 6.11. The Hall–Kier alpha value is -5.13. The number of benzene rings is 3. The number of ketones is 1. The molecule has 6 rings (SSSR count). The second-order valence-electron chi connectivity index (χ2n) is 12.9. The Morgan fingerprint density at radius 1 is 0.980 bits per heavy atom. The summed E-state index contributed by atoms with van der Waals surface area (Å²) in [4.78, 5) is 47.6. The summed E-state index contributed by atoms with van der Waals surface area (Å²) in [5.41, 5.74) is 3.89. The molecule has 1 aromatic heterocycles. The molecule has 0 spiro atoms. The molecule has 1 fully saturated rings. The second-order valence-corrected chi connectivity index (χ2v) is 12.9. The van der Waals surface area contributed by atoms with Crippen LogP contribution in [0.1, 0.15) is 71.9 Å². The first-order chi connectivity index (χ1) is 23.7. The number of fused-ring (bicyclic) bond motifs is 1. The minimum Gasteiger partial charge on any atom is -0.461 e. The van der Waals surface area contributed by atoms with Crippen LogP contribution in [-0.2, 0) is 26.4 Å². The second kappa shape index (κ2) is 15.0. The third-order valence-corrected chi connectivity index (χ3v) is 9.40. The van der Waals surface area contributed by atoms with Crippen molar-refractivity contribution >= 4 is 40.2 Å². The summed E-state index contributed by atoms with van der Waals surface area (Å²) in [5.74, 6) is -0.0394. The Morgan fingerprint density at radius 2 is 1.73 bits per heavy atom. The average Bonchev–Trinajstić information content (AvgIpc) is 3.82. The van der Waals surface area contributed by atoms with Gasteiger partial charge in [-0.05, 0) is 93.1 Å². The van der Waals surface area contributed by atoms with Gasteiger partial charge in [0.1, 0.15) is 23.3 Å². The summed E-state index contributed by atoms with van der Waals surface area (Å²) in [6.45, 7) is 4.71. The summed E-state index contributed by atoms with van der Waals surface area (Å²) in [5, 5.41) is 20.8. The topological polar surface area (TPSA) is 161 Å². The number of anilines is 1. The van der Waals surface area contributed by atoms with Crippen molar-refractivity contribution < 1.29 is 19.1 Å². The molecule has 3 aromatic carbocycles. The number of hydrogen-bond donors (Lipinski definition) is 6. The average molecular weight is 662 g/mol. The molecular weight excluding hydrogens is 618 g/mol. The number of hydrogen-bond acceptors (Lipinski definition) is 9. The minimum atomic E-state index is -1.18. The van der Waals surface area contributed by atoms with Crippen molar-refractivity contribution in [1.29, 1.82) is 5.41 Å². The molecular formula is C38H43N7O4. The first-order valence-corrected chi connectivity index (χ1v) is 16.9. The number of ether oxygens (including phenoxy) is 1. The fraction of sp³-hybridized carbons (Fsp3) is 0.342. The largest absolute Gasteiger partial charge is 0.461 e. The Labute approximate surface area is 285 Å². The van der Waals surface area contributed by atoms with Gasteiger partial charge in [-0.3, -0.25) is 25.1 Å². The highest BCUT2D eigenvalue weighted by Crippen LogP contribution is 2.32. The lowest BCUT2D eigenvalue weighted by atomic mass is 9.81. The maximum absolute atomic E-state index is 14.0. The van der Waals surface area contributed by atoms with Gasteiger partial charge in [-0.2, -0.15) is 0 Å². The van der Waals surface area contributed by atoms with Crippen LogP contribution in [0, 0.1) is 12.3 Å². The van der Waals surface area contributed by atoms with Crippen molar-refractivity contribution in [3.05, 3.63) is 107 Å². The van der Waals surface area contributed by atoms with Crippen LogP contribution in [0.5, 0.6) is 0 Å². The number of aryl methyl sites for hydroxylation is 1. The predicted octanol–water partition coefficient (Wildman–Crippen LogP) is 5.02. The van der Waals surface area contributed by atoms with Crippen molar-refractivity contribution in [2.75, 3.05) is 18.4 Å². The van der Waals surface area contributed by atoms with E-state index in [-0.39, 0.29) is 36.1 Å². The van der Waals surface area contributed by atoms with Gasteiger partial charge in [0.25, 0.3) is 5.91 Å². The van der Waals surface area contributed by atoms with Gasteiger partial charge in [-0.1, -0.05) is 42.8 Å². The lowest BCUT2D eigenvalue weighted by Crippen LogP contribution is -2.55. The van der Waals surface area contributed by atoms with Gasteiger partial charge in [0.2, 0.25) is 0 Å². The number of H-pyrrole nitrogens is 1. The van der Waals surface area contributed by atoms with E-state index in [1.54, 1.807) is 36.4 Å². The number of amidine groups is 1. The SMILES string of the molecule is Cc1c([C@@](C)(NCC(=O)OC2CCCCC2)C(=O)C2C=CCN2)ccc2[nH]c(CNc3ccc(C(=N)NC(=O)c4ccccc4)cc3)nc12. The molecule has 2 aliphatic rings. The van der Waals surface area contributed by atoms with Gasteiger partial charge >= 0.3 is 5.97 Å². The van der Waals surface area contributed by atoms with E-state index in [4.69, 9.17) is 15.1 Å². The first-order valence-electron chi connectivity index (χ1n) is 16.9. The third kappa shape index (κ3) is 7.79. The van der Waals surface area contributed by atoms with E-state index in [9.17, 15) is 14.4 Å². The van der Waals surface area contributed by atoms with E-state index < -0.39 is 11.6 Å². The Morgan fingerprint density at radius 3 is 2.45 bits per heavy atom. The molecule has 0 radical (unpaired) electrons. The van der Waals surface area contributed by atoms with Crippen LogP contribution >= 0.6 is 0 Å². The molecule has 1 unspecified atom stereocenters. The molecule has 11 nitrogen and oxygen atoms in total. The number of imidazole rings is 1. The fourth-order valence-electron chi connectivity index (χ4n) is 6.61. The predicted molar refractivity (Wildman–Crippen MR) is 190 cm³/mol. The number of carbonyl (C=O) groups excluding carboxylic acids is 3. The van der Waals surface area contributed by atoms with E-state index in [2.05, 4.69) is 26.3 Å². The number of aromatic nitrogens is 2. The molecule has 2 heterocycles. The van der Waals surface area contributed by atoms with E-state index in [0.717, 1.165) is 53.5 Å². The first kappa shape index (κ1) is 33.8. The zero-order valence-electron chi connectivity index (χ0n) is 27.9. The minimum absolute atomic E-state index is 0.0183. The van der Waals surface area contributed by atoms with Crippen LogP contribution in [0.2, 0.25) is 0 Å². The van der Waals surface area contributed by atoms with Gasteiger partial charge in [-0.15, -0.1) is 0 Å². The molecule has 0 saturated heterocycles. The maximum atomic E-state index is 14.0. The van der Waals surface area contributed by atoms with Crippen LogP contribution in [0.15, 0.2) is 78.9 Å². The molecule has 1 saturated carbocycles. The van der Waals surface area contributed by atoms with Crippen LogP contribution in [0.4, 0.5) is 5.69 Å². The number of esters is 1. The molecule has 11 heteroatoms. The number of amides is 1. The lowest BCUT2D eigenvalue weighted by molar-refractivity contribution is -0.150. The Kier molecular flexibility index (Phi) is 10.3. The summed E-state index contributed by atoms with van der Waals surface area (Å²) >= 11 is 0. The van der Waals surface area contributed by atoms with Gasteiger partial charge in [0.05, 0.1) is 30.2 Å². The Balaban J connectivity index is 1.14. The van der Waals surface area contributed by atoms with Crippen LogP contribution in [0.3, 0.4) is 0 Å². The molecule has 1 aliphatic heterocycles. The summed E-state index contributed by atoms with van der Waals surface area (Å²) in [7, 11) is 0. The standard InChI is InChI=1S/C38H43N7O4/c1-24-29(38(2,35(47)31-14-9-21-40-31)42-23-33(46)49-28-12-7-4-8-13-28)19-20-30-34(24)44-32(43-30)22-41-27-17-15-25(16-18-27)36(39)45-37(48)26-10-5-3-6-11-26/h3,5-6,9-11,14-20,28,31,40-42H,4,7-8,12-13,21-23H2,1-2H3,(H,43,44)(H2,39,45,48)/t31?,38-/m1/s1. The van der Waals surface area contributed by atoms with E-state index in [1.807, 2.05) is 56.3 Å². The van der Waals surface area contributed by atoms with Crippen molar-refractivity contribution in [2.24, 2.45) is 0 Å². The van der Waals surface area contributed by atoms with E-state index in [0.29, 0.717) is 30.0 Å². The number of carbonyl (C=O) groups is 3. The molecule has 1 aliphatic carbocycles. The molecule has 1 amide bonds. The molecule has 2 atom stereocenters. The van der Waals surface area contributed by atoms with Crippen molar-refractivity contribution in [3.8, 4) is 0 Å². The van der Waals surface area contributed by atoms with E-state index in [1.165, 1.54) is 6.42 Å². The quantitative estimate of drug-likeness (QED) is 0.0534. The fourth-order valence-corrected chi connectivity index (χ4v) is 6.61. The normalized spacial score (nSPS) is 17.4. The van der Waals surface area contributed by atoms with Crippen LogP contribution in [-0.4, -0.2) is 58.7 Å². The summed E-state index contributed by atoms with van der Waals surface area (Å²) < 4.78 is 5.75. The monoisotopic (exact) mass is 661 g/mol. The summed E-state index contributed by atoms with van der Waals surface area (Å²) in [6, 6.07) is 19.4. The number of rotatable bonds is 12. The van der Waals surface area contributed by atoms with Crippen molar-refractivity contribution in [1.82, 2.24) is 25.9 Å². The maximum Gasteiger partial charge on any atom is 0.320 e.